The van der Waals surface area contributed by atoms with E-state index in [2.05, 4.69) is 0 Å². The van der Waals surface area contributed by atoms with Gasteiger partial charge in [0.15, 0.2) is 0 Å². The molecule has 0 saturated carbocycles. The van der Waals surface area contributed by atoms with Gasteiger partial charge in [-0.3, -0.25) is 14.5 Å². The fourth-order valence-corrected chi connectivity index (χ4v) is 3.05. The van der Waals surface area contributed by atoms with Crippen LogP contribution in [0.3, 0.4) is 0 Å². The van der Waals surface area contributed by atoms with Crippen LogP contribution in [0.2, 0.25) is 0 Å². The van der Waals surface area contributed by atoms with Gasteiger partial charge >= 0.3 is 5.97 Å². The third kappa shape index (κ3) is 3.88. The molecule has 2 amide bonds. The summed E-state index contributed by atoms with van der Waals surface area (Å²) in [5, 5.41) is 0. The van der Waals surface area contributed by atoms with Crippen molar-refractivity contribution in [3.63, 3.8) is 0 Å². The highest BCUT2D eigenvalue weighted by molar-refractivity contribution is 6.22. The van der Waals surface area contributed by atoms with E-state index in [9.17, 15) is 18.8 Å². The SMILES string of the molecule is CC(C)[C@@H](C(=O)OCCOc1ccc(F)cc1)N1C(=O)c2ccccc2C1=O. The highest BCUT2D eigenvalue weighted by Gasteiger charge is 2.44. The van der Waals surface area contributed by atoms with Crippen molar-refractivity contribution in [3.05, 3.63) is 65.5 Å². The molecule has 0 radical (unpaired) electrons. The lowest BCUT2D eigenvalue weighted by Crippen LogP contribution is -2.48. The molecule has 28 heavy (non-hydrogen) atoms. The van der Waals surface area contributed by atoms with Crippen LogP contribution >= 0.6 is 0 Å². The number of carbonyl (C=O) groups excluding carboxylic acids is 3. The third-order valence-electron chi connectivity index (χ3n) is 4.39. The molecule has 0 unspecified atom stereocenters. The summed E-state index contributed by atoms with van der Waals surface area (Å²) >= 11 is 0. The number of fused-ring (bicyclic) bond motifs is 1. The van der Waals surface area contributed by atoms with Crippen molar-refractivity contribution in [3.8, 4) is 5.75 Å². The minimum absolute atomic E-state index is 0.0598. The van der Waals surface area contributed by atoms with Gasteiger partial charge in [-0.05, 0) is 42.3 Å². The van der Waals surface area contributed by atoms with Crippen molar-refractivity contribution in [1.82, 2.24) is 4.90 Å². The van der Waals surface area contributed by atoms with E-state index >= 15 is 0 Å². The molecule has 1 aliphatic rings. The Bertz CT molecular complexity index is 859. The highest BCUT2D eigenvalue weighted by Crippen LogP contribution is 2.27. The van der Waals surface area contributed by atoms with E-state index in [1.165, 1.54) is 24.3 Å². The lowest BCUT2D eigenvalue weighted by molar-refractivity contribution is -0.150. The molecule has 2 aromatic carbocycles. The number of halogens is 1. The van der Waals surface area contributed by atoms with Gasteiger partial charge in [0.25, 0.3) is 11.8 Å². The van der Waals surface area contributed by atoms with Gasteiger partial charge in [-0.1, -0.05) is 26.0 Å². The van der Waals surface area contributed by atoms with E-state index in [1.54, 1.807) is 38.1 Å². The summed E-state index contributed by atoms with van der Waals surface area (Å²) in [5.74, 6) is -1.93. The second-order valence-electron chi connectivity index (χ2n) is 6.68. The minimum atomic E-state index is -1.03. The largest absolute Gasteiger partial charge is 0.490 e. The summed E-state index contributed by atoms with van der Waals surface area (Å²) in [7, 11) is 0. The van der Waals surface area contributed by atoms with Crippen molar-refractivity contribution >= 4 is 17.8 Å². The molecule has 0 N–H and O–H groups in total. The molecule has 1 atom stereocenters. The van der Waals surface area contributed by atoms with Gasteiger partial charge in [0.2, 0.25) is 0 Å². The Labute approximate surface area is 161 Å². The van der Waals surface area contributed by atoms with Gasteiger partial charge in [0.05, 0.1) is 11.1 Å². The van der Waals surface area contributed by atoms with Crippen LogP contribution in [0.25, 0.3) is 0 Å². The van der Waals surface area contributed by atoms with Gasteiger partial charge in [0, 0.05) is 0 Å². The van der Waals surface area contributed by atoms with Crippen LogP contribution in [-0.4, -0.2) is 41.9 Å². The fourth-order valence-electron chi connectivity index (χ4n) is 3.05. The van der Waals surface area contributed by atoms with E-state index in [4.69, 9.17) is 9.47 Å². The van der Waals surface area contributed by atoms with Crippen molar-refractivity contribution in [2.75, 3.05) is 13.2 Å². The topological polar surface area (TPSA) is 72.9 Å². The maximum absolute atomic E-state index is 12.9. The number of esters is 1. The quantitative estimate of drug-likeness (QED) is 0.416. The predicted molar refractivity (Wildman–Crippen MR) is 98.4 cm³/mol. The number of rotatable bonds is 7. The number of imide groups is 1. The Morgan fingerprint density at radius 3 is 2.07 bits per heavy atom. The summed E-state index contributed by atoms with van der Waals surface area (Å²) in [5.41, 5.74) is 0.566. The Hall–Kier alpha value is -3.22. The Morgan fingerprint density at radius 2 is 1.54 bits per heavy atom. The van der Waals surface area contributed by atoms with Crippen LogP contribution in [0.1, 0.15) is 34.6 Å². The second-order valence-corrected chi connectivity index (χ2v) is 6.68. The second kappa shape index (κ2) is 8.21. The Kier molecular flexibility index (Phi) is 5.73. The molecule has 1 heterocycles. The standard InChI is InChI=1S/C21H20FNO5/c1-13(2)18(23-19(24)16-5-3-4-6-17(16)20(23)25)21(26)28-12-11-27-15-9-7-14(22)8-10-15/h3-10,13,18H,11-12H2,1-2H3/t18-/m0/s1. The Morgan fingerprint density at radius 1 is 0.964 bits per heavy atom. The monoisotopic (exact) mass is 385 g/mol. The molecular formula is C21H20FNO5. The van der Waals surface area contributed by atoms with Crippen LogP contribution in [0.4, 0.5) is 4.39 Å². The molecule has 146 valence electrons. The fraction of sp³-hybridized carbons (Fsp3) is 0.286. The lowest BCUT2D eigenvalue weighted by atomic mass is 10.0. The van der Waals surface area contributed by atoms with Crippen molar-refractivity contribution in [2.24, 2.45) is 5.92 Å². The predicted octanol–water partition coefficient (Wildman–Crippen LogP) is 3.07. The summed E-state index contributed by atoms with van der Waals surface area (Å²) in [4.78, 5) is 38.9. The van der Waals surface area contributed by atoms with Crippen molar-refractivity contribution in [1.29, 1.82) is 0 Å². The highest BCUT2D eigenvalue weighted by atomic mass is 19.1. The smallest absolute Gasteiger partial charge is 0.329 e. The van der Waals surface area contributed by atoms with Gasteiger partial charge in [-0.2, -0.15) is 0 Å². The Balaban J connectivity index is 1.62. The summed E-state index contributed by atoms with van der Waals surface area (Å²) in [6.07, 6.45) is 0. The normalized spacial score (nSPS) is 14.2. The molecule has 0 aromatic heterocycles. The molecule has 1 aliphatic heterocycles. The first-order chi connectivity index (χ1) is 13.4. The van der Waals surface area contributed by atoms with E-state index in [0.29, 0.717) is 5.75 Å². The zero-order valence-corrected chi connectivity index (χ0v) is 15.6. The molecule has 6 nitrogen and oxygen atoms in total. The van der Waals surface area contributed by atoms with E-state index in [1.807, 2.05) is 0 Å². The number of hydrogen-bond donors (Lipinski definition) is 0. The van der Waals surface area contributed by atoms with Gasteiger partial charge in [0.1, 0.15) is 30.8 Å². The van der Waals surface area contributed by atoms with Crippen molar-refractivity contribution in [2.45, 2.75) is 19.9 Å². The molecule has 0 aliphatic carbocycles. The molecule has 2 aromatic rings. The average molecular weight is 385 g/mol. The number of ether oxygens (including phenoxy) is 2. The molecule has 0 bridgehead atoms. The molecule has 3 rings (SSSR count). The third-order valence-corrected chi connectivity index (χ3v) is 4.39. The van der Waals surface area contributed by atoms with Gasteiger partial charge in [-0.25, -0.2) is 9.18 Å². The summed E-state index contributed by atoms with van der Waals surface area (Å²) < 4.78 is 23.5. The molecule has 0 fully saturated rings. The van der Waals surface area contributed by atoms with Crippen LogP contribution < -0.4 is 4.74 Å². The average Bonchev–Trinajstić information content (AvgIpc) is 2.92. The van der Waals surface area contributed by atoms with Crippen LogP contribution in [0, 0.1) is 11.7 Å². The van der Waals surface area contributed by atoms with Crippen molar-refractivity contribution < 1.29 is 28.2 Å². The minimum Gasteiger partial charge on any atom is -0.490 e. The molecular weight excluding hydrogens is 365 g/mol. The number of nitrogens with zero attached hydrogens (tertiary/aromatic N) is 1. The zero-order chi connectivity index (χ0) is 20.3. The van der Waals surface area contributed by atoms with E-state index in [-0.39, 0.29) is 36.1 Å². The maximum Gasteiger partial charge on any atom is 0.329 e. The number of hydrogen-bond acceptors (Lipinski definition) is 5. The molecule has 7 heteroatoms. The number of benzene rings is 2. The number of carbonyl (C=O) groups is 3. The van der Waals surface area contributed by atoms with E-state index in [0.717, 1.165) is 4.90 Å². The van der Waals surface area contributed by atoms with Gasteiger partial charge < -0.3 is 9.47 Å². The first-order valence-electron chi connectivity index (χ1n) is 8.92. The summed E-state index contributed by atoms with van der Waals surface area (Å²) in [6, 6.07) is 10.9. The summed E-state index contributed by atoms with van der Waals surface area (Å²) in [6.45, 7) is 3.47. The molecule has 0 spiro atoms. The van der Waals surface area contributed by atoms with Crippen LogP contribution in [-0.2, 0) is 9.53 Å². The van der Waals surface area contributed by atoms with E-state index < -0.39 is 23.8 Å². The van der Waals surface area contributed by atoms with Gasteiger partial charge in [-0.15, -0.1) is 0 Å². The zero-order valence-electron chi connectivity index (χ0n) is 15.6. The van der Waals surface area contributed by atoms with Crippen LogP contribution in [0.5, 0.6) is 5.75 Å². The maximum atomic E-state index is 12.9. The lowest BCUT2D eigenvalue weighted by Gasteiger charge is -2.27. The first kappa shape index (κ1) is 19.5. The number of amides is 2. The van der Waals surface area contributed by atoms with Crippen LogP contribution in [0.15, 0.2) is 48.5 Å². The first-order valence-corrected chi connectivity index (χ1v) is 8.92. The molecule has 0 saturated heterocycles.